The van der Waals surface area contributed by atoms with Crippen molar-refractivity contribution < 1.29 is 18.7 Å². The highest BCUT2D eigenvalue weighted by Crippen LogP contribution is 2.40. The van der Waals surface area contributed by atoms with Gasteiger partial charge in [0.05, 0.1) is 0 Å². The number of aliphatic carboxylic acids is 1. The molecule has 2 unspecified atom stereocenters. The van der Waals surface area contributed by atoms with E-state index in [1.807, 2.05) is 18.7 Å². The van der Waals surface area contributed by atoms with E-state index in [0.29, 0.717) is 24.9 Å². The molecule has 0 radical (unpaired) electrons. The first kappa shape index (κ1) is 15.9. The first-order chi connectivity index (χ1) is 9.92. The van der Waals surface area contributed by atoms with Crippen molar-refractivity contribution in [1.82, 2.24) is 4.90 Å². The second kappa shape index (κ2) is 6.10. The van der Waals surface area contributed by atoms with Gasteiger partial charge < -0.3 is 5.11 Å². The zero-order valence-corrected chi connectivity index (χ0v) is 12.4. The molecular formula is C16H21F2NO2. The van der Waals surface area contributed by atoms with E-state index in [4.69, 9.17) is 0 Å². The summed E-state index contributed by atoms with van der Waals surface area (Å²) in [4.78, 5) is 13.7. The molecule has 1 aromatic carbocycles. The first-order valence-electron chi connectivity index (χ1n) is 7.37. The number of hydrogen-bond donors (Lipinski definition) is 1. The third-order valence-corrected chi connectivity index (χ3v) is 4.49. The fourth-order valence-corrected chi connectivity index (χ4v) is 3.43. The van der Waals surface area contributed by atoms with Crippen LogP contribution in [-0.4, -0.2) is 28.1 Å². The molecule has 1 heterocycles. The summed E-state index contributed by atoms with van der Waals surface area (Å²) in [7, 11) is 0. The van der Waals surface area contributed by atoms with E-state index in [1.54, 1.807) is 0 Å². The van der Waals surface area contributed by atoms with Gasteiger partial charge in [-0.3, -0.25) is 9.69 Å². The van der Waals surface area contributed by atoms with Gasteiger partial charge >= 0.3 is 5.97 Å². The molecule has 1 aromatic rings. The summed E-state index contributed by atoms with van der Waals surface area (Å²) in [5, 5.41) is 9.68. The predicted molar refractivity (Wildman–Crippen MR) is 76.0 cm³/mol. The largest absolute Gasteiger partial charge is 0.480 e. The standard InChI is InChI=1S/C16H21F2NO2/c1-3-7-16(15(20)21)8-4-9-19(16)11(2)12-5-6-13(17)14(18)10-12/h5-6,10-11H,3-4,7-9H2,1-2H3,(H,20,21). The van der Waals surface area contributed by atoms with Crippen LogP contribution in [0.3, 0.4) is 0 Å². The Morgan fingerprint density at radius 2 is 2.14 bits per heavy atom. The molecular weight excluding hydrogens is 276 g/mol. The highest BCUT2D eigenvalue weighted by molar-refractivity contribution is 5.79. The third-order valence-electron chi connectivity index (χ3n) is 4.49. The maximum atomic E-state index is 13.4. The molecule has 2 atom stereocenters. The van der Waals surface area contributed by atoms with E-state index in [-0.39, 0.29) is 6.04 Å². The van der Waals surface area contributed by atoms with Gasteiger partial charge in [-0.05, 0) is 50.4 Å². The lowest BCUT2D eigenvalue weighted by Gasteiger charge is -2.39. The lowest BCUT2D eigenvalue weighted by Crippen LogP contribution is -2.51. The number of carboxylic acids is 1. The van der Waals surface area contributed by atoms with Gasteiger partial charge in [0.15, 0.2) is 11.6 Å². The number of likely N-dealkylation sites (tertiary alicyclic amines) is 1. The number of carboxylic acid groups (broad SMARTS) is 1. The summed E-state index contributed by atoms with van der Waals surface area (Å²) in [6.07, 6.45) is 2.74. The number of rotatable bonds is 5. The lowest BCUT2D eigenvalue weighted by molar-refractivity contribution is -0.151. The maximum absolute atomic E-state index is 13.4. The van der Waals surface area contributed by atoms with Crippen molar-refractivity contribution in [3.63, 3.8) is 0 Å². The van der Waals surface area contributed by atoms with Gasteiger partial charge in [-0.1, -0.05) is 19.4 Å². The molecule has 116 valence electrons. The van der Waals surface area contributed by atoms with Gasteiger partial charge in [0.25, 0.3) is 0 Å². The van der Waals surface area contributed by atoms with Crippen LogP contribution in [0, 0.1) is 11.6 Å². The molecule has 0 aliphatic carbocycles. The predicted octanol–water partition coefficient (Wildman–Crippen LogP) is 3.75. The van der Waals surface area contributed by atoms with Gasteiger partial charge in [-0.25, -0.2) is 8.78 Å². The van der Waals surface area contributed by atoms with E-state index in [0.717, 1.165) is 25.0 Å². The summed E-state index contributed by atoms with van der Waals surface area (Å²) in [5.74, 6) is -2.60. The van der Waals surface area contributed by atoms with Crippen LogP contribution in [0.2, 0.25) is 0 Å². The highest BCUT2D eigenvalue weighted by atomic mass is 19.2. The third kappa shape index (κ3) is 2.79. The average molecular weight is 297 g/mol. The Morgan fingerprint density at radius 3 is 2.71 bits per heavy atom. The highest BCUT2D eigenvalue weighted by Gasteiger charge is 2.48. The molecule has 1 fully saturated rings. The van der Waals surface area contributed by atoms with Gasteiger partial charge in [-0.15, -0.1) is 0 Å². The van der Waals surface area contributed by atoms with Gasteiger partial charge in [0, 0.05) is 6.04 Å². The van der Waals surface area contributed by atoms with Crippen molar-refractivity contribution in [2.75, 3.05) is 6.54 Å². The maximum Gasteiger partial charge on any atom is 0.324 e. The van der Waals surface area contributed by atoms with Crippen molar-refractivity contribution in [2.45, 2.75) is 51.1 Å². The molecule has 0 saturated carbocycles. The Hall–Kier alpha value is -1.49. The van der Waals surface area contributed by atoms with E-state index >= 15 is 0 Å². The minimum atomic E-state index is -0.894. The summed E-state index contributed by atoms with van der Waals surface area (Å²) in [6.45, 7) is 4.47. The van der Waals surface area contributed by atoms with Crippen LogP contribution in [0.5, 0.6) is 0 Å². The quantitative estimate of drug-likeness (QED) is 0.900. The van der Waals surface area contributed by atoms with Gasteiger partial charge in [0.2, 0.25) is 0 Å². The first-order valence-corrected chi connectivity index (χ1v) is 7.37. The minimum Gasteiger partial charge on any atom is -0.480 e. The van der Waals surface area contributed by atoms with Gasteiger partial charge in [-0.2, -0.15) is 0 Å². The topological polar surface area (TPSA) is 40.5 Å². The minimum absolute atomic E-state index is 0.259. The smallest absolute Gasteiger partial charge is 0.324 e. The number of carbonyl (C=O) groups is 1. The summed E-state index contributed by atoms with van der Waals surface area (Å²) < 4.78 is 26.5. The van der Waals surface area contributed by atoms with E-state index in [9.17, 15) is 18.7 Å². The van der Waals surface area contributed by atoms with E-state index in [2.05, 4.69) is 0 Å². The molecule has 1 saturated heterocycles. The Labute approximate surface area is 123 Å². The summed E-state index contributed by atoms with van der Waals surface area (Å²) >= 11 is 0. The van der Waals surface area contributed by atoms with Gasteiger partial charge in [0.1, 0.15) is 5.54 Å². The normalized spacial score (nSPS) is 24.2. The van der Waals surface area contributed by atoms with E-state index < -0.39 is 23.1 Å². The van der Waals surface area contributed by atoms with Crippen molar-refractivity contribution in [1.29, 1.82) is 0 Å². The SMILES string of the molecule is CCCC1(C(=O)O)CCCN1C(C)c1ccc(F)c(F)c1. The van der Waals surface area contributed by atoms with Crippen molar-refractivity contribution in [2.24, 2.45) is 0 Å². The van der Waals surface area contributed by atoms with Crippen molar-refractivity contribution >= 4 is 5.97 Å². The molecule has 0 aromatic heterocycles. The molecule has 1 aliphatic heterocycles. The monoisotopic (exact) mass is 297 g/mol. The number of halogens is 2. The van der Waals surface area contributed by atoms with Crippen LogP contribution in [0.1, 0.15) is 51.1 Å². The molecule has 3 nitrogen and oxygen atoms in total. The molecule has 0 spiro atoms. The zero-order valence-electron chi connectivity index (χ0n) is 12.4. The second-order valence-electron chi connectivity index (χ2n) is 5.73. The molecule has 1 N–H and O–H groups in total. The second-order valence-corrected chi connectivity index (χ2v) is 5.73. The molecule has 2 rings (SSSR count). The van der Waals surface area contributed by atoms with Crippen LogP contribution < -0.4 is 0 Å². The average Bonchev–Trinajstić information content (AvgIpc) is 2.86. The molecule has 21 heavy (non-hydrogen) atoms. The fraction of sp³-hybridized carbons (Fsp3) is 0.562. The number of benzene rings is 1. The molecule has 1 aliphatic rings. The lowest BCUT2D eigenvalue weighted by atomic mass is 9.89. The molecule has 0 amide bonds. The van der Waals surface area contributed by atoms with Crippen LogP contribution in [0.4, 0.5) is 8.78 Å². The van der Waals surface area contributed by atoms with E-state index in [1.165, 1.54) is 6.07 Å². The molecule has 5 heteroatoms. The van der Waals surface area contributed by atoms with Crippen LogP contribution in [0.25, 0.3) is 0 Å². The Bertz CT molecular complexity index is 535. The van der Waals surface area contributed by atoms with Crippen LogP contribution in [0.15, 0.2) is 18.2 Å². The zero-order chi connectivity index (χ0) is 15.6. The van der Waals surface area contributed by atoms with Crippen LogP contribution >= 0.6 is 0 Å². The summed E-state index contributed by atoms with van der Waals surface area (Å²) in [6, 6.07) is 3.53. The van der Waals surface area contributed by atoms with Crippen molar-refractivity contribution in [3.05, 3.63) is 35.4 Å². The molecule has 0 bridgehead atoms. The number of hydrogen-bond acceptors (Lipinski definition) is 2. The number of nitrogens with zero attached hydrogens (tertiary/aromatic N) is 1. The fourth-order valence-electron chi connectivity index (χ4n) is 3.43. The van der Waals surface area contributed by atoms with Crippen LogP contribution in [-0.2, 0) is 4.79 Å². The Balaban J connectivity index is 2.33. The Morgan fingerprint density at radius 1 is 1.43 bits per heavy atom. The summed E-state index contributed by atoms with van der Waals surface area (Å²) in [5.41, 5.74) is -0.281. The van der Waals surface area contributed by atoms with Crippen molar-refractivity contribution in [3.8, 4) is 0 Å². The Kier molecular flexibility index (Phi) is 4.61.